The number of hydrogen-bond donors (Lipinski definition) is 1. The number of rotatable bonds is 6. The van der Waals surface area contributed by atoms with Gasteiger partial charge in [0, 0.05) is 16.6 Å². The van der Waals surface area contributed by atoms with Gasteiger partial charge in [0.1, 0.15) is 5.75 Å². The average molecular weight is 338 g/mol. The molecule has 0 saturated heterocycles. The summed E-state index contributed by atoms with van der Waals surface area (Å²) in [7, 11) is 0. The Labute approximate surface area is 140 Å². The van der Waals surface area contributed by atoms with Crippen molar-refractivity contribution in [3.8, 4) is 5.75 Å². The lowest BCUT2D eigenvalue weighted by Gasteiger charge is -2.14. The van der Waals surface area contributed by atoms with Crippen molar-refractivity contribution < 1.29 is 9.53 Å². The lowest BCUT2D eigenvalue weighted by Crippen LogP contribution is -2.37. The number of ether oxygens (including phenoxy) is 1. The Balaban J connectivity index is 1.76. The predicted octanol–water partition coefficient (Wildman–Crippen LogP) is 4.12. The Morgan fingerprint density at radius 1 is 1.05 bits per heavy atom. The van der Waals surface area contributed by atoms with Crippen molar-refractivity contribution in [3.63, 3.8) is 0 Å². The summed E-state index contributed by atoms with van der Waals surface area (Å²) in [5, 5.41) is 4.19. The Bertz CT molecular complexity index is 612. The molecule has 2 rings (SSSR count). The van der Waals surface area contributed by atoms with Crippen molar-refractivity contribution in [2.45, 2.75) is 19.4 Å². The van der Waals surface area contributed by atoms with E-state index in [2.05, 4.69) is 5.32 Å². The van der Waals surface area contributed by atoms with E-state index in [4.69, 9.17) is 27.9 Å². The number of carbonyl (C=O) groups excluding carboxylic acids is 1. The first kappa shape index (κ1) is 16.7. The van der Waals surface area contributed by atoms with Crippen molar-refractivity contribution >= 4 is 29.1 Å². The standard InChI is InChI=1S/C17H17Cl2NO2/c1-12(22-16-8-6-15(19)7-9-16)17(21)20-11-10-13-2-4-14(18)5-3-13/h2-9,12H,10-11H2,1H3,(H,20,21)/t12-/m0/s1. The molecule has 1 N–H and O–H groups in total. The van der Waals surface area contributed by atoms with Crippen molar-refractivity contribution in [1.82, 2.24) is 5.32 Å². The van der Waals surface area contributed by atoms with Crippen LogP contribution in [0.15, 0.2) is 48.5 Å². The topological polar surface area (TPSA) is 38.3 Å². The fourth-order valence-electron chi connectivity index (χ4n) is 1.90. The quantitative estimate of drug-likeness (QED) is 0.860. The van der Waals surface area contributed by atoms with Gasteiger partial charge in [-0.1, -0.05) is 35.3 Å². The number of amides is 1. The number of nitrogens with one attached hydrogen (secondary N) is 1. The van der Waals surface area contributed by atoms with Crippen LogP contribution in [0, 0.1) is 0 Å². The van der Waals surface area contributed by atoms with Crippen molar-refractivity contribution in [1.29, 1.82) is 0 Å². The largest absolute Gasteiger partial charge is 0.481 e. The van der Waals surface area contributed by atoms with E-state index < -0.39 is 6.10 Å². The van der Waals surface area contributed by atoms with Crippen LogP contribution in [-0.2, 0) is 11.2 Å². The van der Waals surface area contributed by atoms with Crippen molar-refractivity contribution in [2.75, 3.05) is 6.54 Å². The van der Waals surface area contributed by atoms with Gasteiger partial charge < -0.3 is 10.1 Å². The highest BCUT2D eigenvalue weighted by atomic mass is 35.5. The first-order chi connectivity index (χ1) is 10.5. The molecule has 0 aromatic heterocycles. The summed E-state index contributed by atoms with van der Waals surface area (Å²) in [5.41, 5.74) is 1.12. The molecule has 2 aromatic carbocycles. The zero-order valence-electron chi connectivity index (χ0n) is 12.2. The second-order valence-corrected chi connectivity index (χ2v) is 5.75. The number of benzene rings is 2. The Morgan fingerprint density at radius 2 is 1.59 bits per heavy atom. The Hall–Kier alpha value is -1.71. The molecule has 0 aliphatic rings. The van der Waals surface area contributed by atoms with Crippen LogP contribution in [0.1, 0.15) is 12.5 Å². The summed E-state index contributed by atoms with van der Waals surface area (Å²) < 4.78 is 5.56. The molecule has 0 aliphatic heterocycles. The number of carbonyl (C=O) groups is 1. The molecule has 2 aromatic rings. The molecule has 0 unspecified atom stereocenters. The molecule has 3 nitrogen and oxygen atoms in total. The number of hydrogen-bond acceptors (Lipinski definition) is 2. The van der Waals surface area contributed by atoms with Gasteiger partial charge in [-0.2, -0.15) is 0 Å². The van der Waals surface area contributed by atoms with Crippen LogP contribution in [0.2, 0.25) is 10.0 Å². The van der Waals surface area contributed by atoms with Crippen LogP contribution in [0.5, 0.6) is 5.75 Å². The first-order valence-electron chi connectivity index (χ1n) is 6.99. The molecule has 1 amide bonds. The fraction of sp³-hybridized carbons (Fsp3) is 0.235. The Morgan fingerprint density at radius 3 is 2.18 bits per heavy atom. The van der Waals surface area contributed by atoms with Crippen LogP contribution in [-0.4, -0.2) is 18.6 Å². The lowest BCUT2D eigenvalue weighted by atomic mass is 10.1. The van der Waals surface area contributed by atoms with E-state index in [-0.39, 0.29) is 5.91 Å². The highest BCUT2D eigenvalue weighted by Crippen LogP contribution is 2.16. The van der Waals surface area contributed by atoms with Gasteiger partial charge in [-0.25, -0.2) is 0 Å². The molecule has 0 bridgehead atoms. The van der Waals surface area contributed by atoms with Crippen LogP contribution in [0.3, 0.4) is 0 Å². The maximum absolute atomic E-state index is 12.0. The molecule has 5 heteroatoms. The molecule has 0 fully saturated rings. The van der Waals surface area contributed by atoms with E-state index in [9.17, 15) is 4.79 Å². The highest BCUT2D eigenvalue weighted by molar-refractivity contribution is 6.30. The van der Waals surface area contributed by atoms with Gasteiger partial charge in [0.15, 0.2) is 6.10 Å². The second-order valence-electron chi connectivity index (χ2n) is 4.88. The van der Waals surface area contributed by atoms with Gasteiger partial charge in [-0.05, 0) is 55.3 Å². The zero-order valence-corrected chi connectivity index (χ0v) is 13.7. The molecule has 0 spiro atoms. The van der Waals surface area contributed by atoms with Crippen LogP contribution in [0.4, 0.5) is 0 Å². The van der Waals surface area contributed by atoms with Gasteiger partial charge in [0.2, 0.25) is 0 Å². The normalized spacial score (nSPS) is 11.8. The second kappa shape index (κ2) is 8.06. The summed E-state index contributed by atoms with van der Waals surface area (Å²) in [4.78, 5) is 12.0. The minimum Gasteiger partial charge on any atom is -0.481 e. The Kier molecular flexibility index (Phi) is 6.10. The van der Waals surface area contributed by atoms with E-state index in [1.165, 1.54) is 0 Å². The molecule has 1 atom stereocenters. The van der Waals surface area contributed by atoms with E-state index in [1.54, 1.807) is 31.2 Å². The van der Waals surface area contributed by atoms with Gasteiger partial charge in [-0.3, -0.25) is 4.79 Å². The zero-order chi connectivity index (χ0) is 15.9. The minimum absolute atomic E-state index is 0.149. The summed E-state index contributed by atoms with van der Waals surface area (Å²) in [6, 6.07) is 14.5. The third kappa shape index (κ3) is 5.24. The molecule has 22 heavy (non-hydrogen) atoms. The molecule has 116 valence electrons. The van der Waals surface area contributed by atoms with E-state index in [1.807, 2.05) is 24.3 Å². The third-order valence-corrected chi connectivity index (χ3v) is 3.63. The molecular weight excluding hydrogens is 321 g/mol. The predicted molar refractivity (Wildman–Crippen MR) is 89.7 cm³/mol. The van der Waals surface area contributed by atoms with Crippen molar-refractivity contribution in [2.24, 2.45) is 0 Å². The summed E-state index contributed by atoms with van der Waals surface area (Å²) in [5.74, 6) is 0.466. The van der Waals surface area contributed by atoms with E-state index in [0.29, 0.717) is 22.3 Å². The van der Waals surface area contributed by atoms with Gasteiger partial charge >= 0.3 is 0 Å². The van der Waals surface area contributed by atoms with Gasteiger partial charge in [0.25, 0.3) is 5.91 Å². The van der Waals surface area contributed by atoms with E-state index in [0.717, 1.165) is 12.0 Å². The first-order valence-corrected chi connectivity index (χ1v) is 7.74. The van der Waals surface area contributed by atoms with Gasteiger partial charge in [0.05, 0.1) is 0 Å². The molecular formula is C17H17Cl2NO2. The minimum atomic E-state index is -0.564. The highest BCUT2D eigenvalue weighted by Gasteiger charge is 2.13. The maximum atomic E-state index is 12.0. The lowest BCUT2D eigenvalue weighted by molar-refractivity contribution is -0.127. The van der Waals surface area contributed by atoms with Gasteiger partial charge in [-0.15, -0.1) is 0 Å². The smallest absolute Gasteiger partial charge is 0.260 e. The summed E-state index contributed by atoms with van der Waals surface area (Å²) in [6.07, 6.45) is 0.183. The van der Waals surface area contributed by atoms with Crippen molar-refractivity contribution in [3.05, 3.63) is 64.1 Å². The average Bonchev–Trinajstić information content (AvgIpc) is 2.51. The molecule has 0 radical (unpaired) electrons. The van der Waals surface area contributed by atoms with Crippen LogP contribution >= 0.6 is 23.2 Å². The number of halogens is 2. The molecule has 0 aliphatic carbocycles. The monoisotopic (exact) mass is 337 g/mol. The summed E-state index contributed by atoms with van der Waals surface area (Å²) in [6.45, 7) is 2.26. The maximum Gasteiger partial charge on any atom is 0.260 e. The third-order valence-electron chi connectivity index (χ3n) is 3.12. The fourth-order valence-corrected chi connectivity index (χ4v) is 2.15. The van der Waals surface area contributed by atoms with E-state index >= 15 is 0 Å². The van der Waals surface area contributed by atoms with Crippen LogP contribution < -0.4 is 10.1 Å². The van der Waals surface area contributed by atoms with Crippen LogP contribution in [0.25, 0.3) is 0 Å². The SMILES string of the molecule is C[C@H](Oc1ccc(Cl)cc1)C(=O)NCCc1ccc(Cl)cc1. The molecule has 0 heterocycles. The summed E-state index contributed by atoms with van der Waals surface area (Å²) >= 11 is 11.6. The molecule has 0 saturated carbocycles.